The minimum Gasteiger partial charge on any atom is -0.398 e. The van der Waals surface area contributed by atoms with E-state index in [0.29, 0.717) is 0 Å². The van der Waals surface area contributed by atoms with E-state index < -0.39 is 8.56 Å². The van der Waals surface area contributed by atoms with E-state index >= 15 is 0 Å². The van der Waals surface area contributed by atoms with Gasteiger partial charge in [-0.15, -0.1) is 0 Å². The van der Waals surface area contributed by atoms with Gasteiger partial charge in [-0.2, -0.15) is 0 Å². The summed E-state index contributed by atoms with van der Waals surface area (Å²) in [5, 5.41) is 0. The lowest BCUT2D eigenvalue weighted by atomic mass is 10.1. The summed E-state index contributed by atoms with van der Waals surface area (Å²) < 4.78 is 24.2. The SMILES string of the molecule is CC[Si](CCCCCCc1cccc(F)c1)(OC)OC. The average Bonchev–Trinajstić information content (AvgIpc) is 2.47. The van der Waals surface area contributed by atoms with E-state index in [0.717, 1.165) is 36.9 Å². The molecular weight excluding hydrogens is 271 g/mol. The van der Waals surface area contributed by atoms with Gasteiger partial charge in [-0.1, -0.05) is 38.3 Å². The number of hydrogen-bond acceptors (Lipinski definition) is 2. The Labute approximate surface area is 123 Å². The quantitative estimate of drug-likeness (QED) is 0.461. The van der Waals surface area contributed by atoms with E-state index in [4.69, 9.17) is 8.85 Å². The van der Waals surface area contributed by atoms with Crippen LogP contribution in [0.2, 0.25) is 12.1 Å². The highest BCUT2D eigenvalue weighted by Gasteiger charge is 2.32. The second-order valence-electron chi connectivity index (χ2n) is 5.22. The summed E-state index contributed by atoms with van der Waals surface area (Å²) in [7, 11) is 1.64. The fourth-order valence-electron chi connectivity index (χ4n) is 2.52. The van der Waals surface area contributed by atoms with Crippen LogP contribution >= 0.6 is 0 Å². The predicted octanol–water partition coefficient (Wildman–Crippen LogP) is 4.68. The number of benzene rings is 1. The monoisotopic (exact) mass is 298 g/mol. The van der Waals surface area contributed by atoms with E-state index in [-0.39, 0.29) is 5.82 Å². The van der Waals surface area contributed by atoms with Crippen molar-refractivity contribution in [1.29, 1.82) is 0 Å². The number of rotatable bonds is 10. The summed E-state index contributed by atoms with van der Waals surface area (Å²) >= 11 is 0. The van der Waals surface area contributed by atoms with Crippen LogP contribution in [0.3, 0.4) is 0 Å². The molecule has 2 nitrogen and oxygen atoms in total. The van der Waals surface area contributed by atoms with Gasteiger partial charge in [-0.25, -0.2) is 4.39 Å². The van der Waals surface area contributed by atoms with Gasteiger partial charge in [0.15, 0.2) is 0 Å². The number of unbranched alkanes of at least 4 members (excludes halogenated alkanes) is 3. The molecule has 0 N–H and O–H groups in total. The topological polar surface area (TPSA) is 18.5 Å². The van der Waals surface area contributed by atoms with Crippen molar-refractivity contribution in [1.82, 2.24) is 0 Å². The third kappa shape index (κ3) is 5.73. The maximum absolute atomic E-state index is 13.0. The maximum Gasteiger partial charge on any atom is 0.337 e. The van der Waals surface area contributed by atoms with Gasteiger partial charge in [-0.05, 0) is 42.6 Å². The Bertz CT molecular complexity index is 372. The maximum atomic E-state index is 13.0. The summed E-state index contributed by atoms with van der Waals surface area (Å²) in [6, 6.07) is 8.97. The molecule has 1 aromatic rings. The zero-order valence-corrected chi connectivity index (χ0v) is 14.0. The first-order chi connectivity index (χ1) is 9.65. The molecule has 0 atom stereocenters. The molecule has 0 saturated heterocycles. The molecule has 1 aromatic carbocycles. The summed E-state index contributed by atoms with van der Waals surface area (Å²) in [5.74, 6) is -0.138. The third-order valence-corrected chi connectivity index (χ3v) is 7.63. The molecule has 0 unspecified atom stereocenters. The minimum absolute atomic E-state index is 0.138. The Morgan fingerprint density at radius 3 is 2.35 bits per heavy atom. The number of aryl methyl sites for hydroxylation is 1. The van der Waals surface area contributed by atoms with Crippen LogP contribution in [0.15, 0.2) is 24.3 Å². The van der Waals surface area contributed by atoms with Crippen molar-refractivity contribution in [2.75, 3.05) is 14.2 Å². The summed E-state index contributed by atoms with van der Waals surface area (Å²) in [5.41, 5.74) is 1.09. The van der Waals surface area contributed by atoms with Gasteiger partial charge in [0.1, 0.15) is 5.82 Å². The molecule has 114 valence electrons. The lowest BCUT2D eigenvalue weighted by Gasteiger charge is -2.25. The van der Waals surface area contributed by atoms with Crippen LogP contribution < -0.4 is 0 Å². The van der Waals surface area contributed by atoms with Crippen molar-refractivity contribution in [2.45, 2.75) is 51.1 Å². The van der Waals surface area contributed by atoms with Gasteiger partial charge in [0.2, 0.25) is 0 Å². The van der Waals surface area contributed by atoms with E-state index in [1.807, 2.05) is 6.07 Å². The molecule has 0 aliphatic rings. The van der Waals surface area contributed by atoms with E-state index in [1.165, 1.54) is 18.9 Å². The second-order valence-corrected chi connectivity index (χ2v) is 9.06. The predicted molar refractivity (Wildman–Crippen MR) is 83.6 cm³/mol. The van der Waals surface area contributed by atoms with Crippen LogP contribution in [0.25, 0.3) is 0 Å². The average molecular weight is 298 g/mol. The zero-order valence-electron chi connectivity index (χ0n) is 13.0. The molecule has 0 amide bonds. The van der Waals surface area contributed by atoms with Gasteiger partial charge in [0.05, 0.1) is 0 Å². The zero-order chi connectivity index (χ0) is 14.8. The smallest absolute Gasteiger partial charge is 0.337 e. The molecule has 20 heavy (non-hydrogen) atoms. The summed E-state index contributed by atoms with van der Waals surface area (Å²) in [6.45, 7) is 2.14. The van der Waals surface area contributed by atoms with Crippen molar-refractivity contribution in [2.24, 2.45) is 0 Å². The molecule has 1 rings (SSSR count). The van der Waals surface area contributed by atoms with Gasteiger partial charge in [0.25, 0.3) is 0 Å². The number of hydrogen-bond donors (Lipinski definition) is 0. The molecular formula is C16H27FO2Si. The van der Waals surface area contributed by atoms with Crippen molar-refractivity contribution >= 4 is 8.56 Å². The van der Waals surface area contributed by atoms with Gasteiger partial charge in [0, 0.05) is 14.2 Å². The fraction of sp³-hybridized carbons (Fsp3) is 0.625. The fourth-order valence-corrected chi connectivity index (χ4v) is 4.82. The molecule has 0 aliphatic carbocycles. The van der Waals surface area contributed by atoms with Crippen molar-refractivity contribution in [3.63, 3.8) is 0 Å². The first kappa shape index (κ1) is 17.3. The van der Waals surface area contributed by atoms with Crippen molar-refractivity contribution in [3.8, 4) is 0 Å². The Morgan fingerprint density at radius 2 is 1.75 bits per heavy atom. The summed E-state index contributed by atoms with van der Waals surface area (Å²) in [4.78, 5) is 0. The molecule has 0 spiro atoms. The van der Waals surface area contributed by atoms with E-state index in [2.05, 4.69) is 6.92 Å². The van der Waals surface area contributed by atoms with E-state index in [1.54, 1.807) is 26.4 Å². The summed E-state index contributed by atoms with van der Waals surface area (Å²) in [6.07, 6.45) is 5.60. The molecule has 0 heterocycles. The molecule has 0 bridgehead atoms. The standard InChI is InChI=1S/C16H27FO2Si/c1-4-20(18-2,19-3)13-8-6-5-7-10-15-11-9-12-16(17)14-15/h9,11-12,14H,4-8,10,13H2,1-3H3. The molecule has 4 heteroatoms. The molecule has 0 saturated carbocycles. The van der Waals surface area contributed by atoms with Crippen LogP contribution in [-0.2, 0) is 15.3 Å². The van der Waals surface area contributed by atoms with Crippen LogP contribution in [0.1, 0.15) is 38.2 Å². The number of halogens is 1. The van der Waals surface area contributed by atoms with Gasteiger partial charge in [-0.3, -0.25) is 0 Å². The second kappa shape index (κ2) is 9.26. The van der Waals surface area contributed by atoms with Gasteiger partial charge < -0.3 is 8.85 Å². The Balaban J connectivity index is 2.16. The van der Waals surface area contributed by atoms with Crippen LogP contribution in [0.5, 0.6) is 0 Å². The van der Waals surface area contributed by atoms with Crippen LogP contribution in [-0.4, -0.2) is 22.8 Å². The van der Waals surface area contributed by atoms with Crippen molar-refractivity contribution in [3.05, 3.63) is 35.6 Å². The normalized spacial score (nSPS) is 11.8. The molecule has 0 aliphatic heterocycles. The minimum atomic E-state index is -1.90. The Morgan fingerprint density at radius 1 is 1.05 bits per heavy atom. The van der Waals surface area contributed by atoms with Gasteiger partial charge >= 0.3 is 8.56 Å². The first-order valence-electron chi connectivity index (χ1n) is 7.50. The lowest BCUT2D eigenvalue weighted by Crippen LogP contribution is -2.38. The highest BCUT2D eigenvalue weighted by molar-refractivity contribution is 6.67. The largest absolute Gasteiger partial charge is 0.398 e. The highest BCUT2D eigenvalue weighted by Crippen LogP contribution is 2.21. The Kier molecular flexibility index (Phi) is 8.03. The highest BCUT2D eigenvalue weighted by atomic mass is 28.4. The van der Waals surface area contributed by atoms with Crippen molar-refractivity contribution < 1.29 is 13.2 Å². The lowest BCUT2D eigenvalue weighted by molar-refractivity contribution is 0.241. The first-order valence-corrected chi connectivity index (χ1v) is 9.73. The molecule has 0 fully saturated rings. The third-order valence-electron chi connectivity index (χ3n) is 3.94. The van der Waals surface area contributed by atoms with E-state index in [9.17, 15) is 4.39 Å². The molecule has 0 aromatic heterocycles. The molecule has 0 radical (unpaired) electrons. The van der Waals surface area contributed by atoms with Crippen LogP contribution in [0.4, 0.5) is 4.39 Å². The Hall–Kier alpha value is -0.713. The van der Waals surface area contributed by atoms with Crippen LogP contribution in [0, 0.1) is 5.82 Å².